The third-order valence-corrected chi connectivity index (χ3v) is 2.10. The summed E-state index contributed by atoms with van der Waals surface area (Å²) in [4.78, 5) is 4.11. The van der Waals surface area contributed by atoms with Crippen molar-refractivity contribution < 1.29 is 4.42 Å². The fraction of sp³-hybridized carbons (Fsp3) is 0.444. The minimum absolute atomic E-state index is 0.405. The Balaban J connectivity index is 2.14. The number of imidazole rings is 1. The Labute approximate surface area is 87.1 Å². The van der Waals surface area contributed by atoms with E-state index in [-0.39, 0.29) is 0 Å². The maximum absolute atomic E-state index is 5.53. The zero-order valence-electron chi connectivity index (χ0n) is 8.55. The van der Waals surface area contributed by atoms with Gasteiger partial charge in [-0.2, -0.15) is 0 Å². The van der Waals surface area contributed by atoms with Crippen LogP contribution < -0.4 is 5.73 Å². The second-order valence-corrected chi connectivity index (χ2v) is 3.12. The van der Waals surface area contributed by atoms with Crippen molar-refractivity contribution in [1.29, 1.82) is 0 Å². The molecule has 0 bridgehead atoms. The van der Waals surface area contributed by atoms with Crippen molar-refractivity contribution in [3.05, 3.63) is 30.0 Å². The van der Waals surface area contributed by atoms with Crippen molar-refractivity contribution in [3.8, 4) is 0 Å². The van der Waals surface area contributed by atoms with Gasteiger partial charge in [-0.25, -0.2) is 4.98 Å². The van der Waals surface area contributed by atoms with Crippen molar-refractivity contribution in [1.82, 2.24) is 19.7 Å². The van der Waals surface area contributed by atoms with Gasteiger partial charge in [0.1, 0.15) is 12.4 Å². The van der Waals surface area contributed by atoms with Crippen molar-refractivity contribution >= 4 is 0 Å². The number of nitrogens with zero attached hydrogens (tertiary/aromatic N) is 4. The van der Waals surface area contributed by atoms with Crippen LogP contribution in [0.3, 0.4) is 0 Å². The van der Waals surface area contributed by atoms with Crippen molar-refractivity contribution in [2.45, 2.75) is 26.4 Å². The highest BCUT2D eigenvalue weighted by molar-refractivity contribution is 4.95. The monoisotopic (exact) mass is 207 g/mol. The second kappa shape index (κ2) is 4.22. The molecule has 2 rings (SSSR count). The summed E-state index contributed by atoms with van der Waals surface area (Å²) in [7, 11) is 0. The maximum atomic E-state index is 5.53. The third-order valence-electron chi connectivity index (χ3n) is 2.10. The Kier molecular flexibility index (Phi) is 2.77. The predicted molar refractivity (Wildman–Crippen MR) is 52.9 cm³/mol. The highest BCUT2D eigenvalue weighted by Crippen LogP contribution is 2.05. The van der Waals surface area contributed by atoms with E-state index in [4.69, 9.17) is 10.2 Å². The zero-order valence-corrected chi connectivity index (χ0v) is 8.55. The highest BCUT2D eigenvalue weighted by Gasteiger charge is 2.07. The Hall–Kier alpha value is -1.69. The molecule has 6 heteroatoms. The number of aromatic nitrogens is 4. The summed E-state index contributed by atoms with van der Waals surface area (Å²) < 4.78 is 7.29. The van der Waals surface area contributed by atoms with E-state index in [1.165, 1.54) is 0 Å². The predicted octanol–water partition coefficient (Wildman–Crippen LogP) is 0.336. The molecule has 0 amide bonds. The largest absolute Gasteiger partial charge is 0.423 e. The molecular weight excluding hydrogens is 194 g/mol. The summed E-state index contributed by atoms with van der Waals surface area (Å²) in [6.07, 6.45) is 4.30. The maximum Gasteiger partial charge on any atom is 0.236 e. The summed E-state index contributed by atoms with van der Waals surface area (Å²) in [6, 6.07) is 0. The van der Waals surface area contributed by atoms with E-state index in [0.29, 0.717) is 24.9 Å². The van der Waals surface area contributed by atoms with Crippen molar-refractivity contribution in [3.63, 3.8) is 0 Å². The van der Waals surface area contributed by atoms with Crippen LogP contribution in [0.5, 0.6) is 0 Å². The van der Waals surface area contributed by atoms with Crippen LogP contribution in [0.25, 0.3) is 0 Å². The van der Waals surface area contributed by atoms with Gasteiger partial charge in [0.05, 0.1) is 6.54 Å². The molecule has 0 aliphatic carbocycles. The first-order valence-electron chi connectivity index (χ1n) is 4.84. The lowest BCUT2D eigenvalue weighted by molar-refractivity contribution is 0.439. The molecule has 0 aromatic carbocycles. The fourth-order valence-electron chi connectivity index (χ4n) is 1.31. The van der Waals surface area contributed by atoms with Gasteiger partial charge in [0, 0.05) is 18.8 Å². The number of hydrogen-bond donors (Lipinski definition) is 1. The first-order valence-corrected chi connectivity index (χ1v) is 4.84. The molecule has 2 heterocycles. The van der Waals surface area contributed by atoms with Gasteiger partial charge in [0.25, 0.3) is 0 Å². The Morgan fingerprint density at radius 1 is 1.40 bits per heavy atom. The van der Waals surface area contributed by atoms with Crippen LogP contribution >= 0.6 is 0 Å². The molecular formula is C9H13N5O. The van der Waals surface area contributed by atoms with Crippen molar-refractivity contribution in [2.75, 3.05) is 0 Å². The molecule has 0 saturated heterocycles. The minimum Gasteiger partial charge on any atom is -0.423 e. The van der Waals surface area contributed by atoms with E-state index < -0.39 is 0 Å². The highest BCUT2D eigenvalue weighted by atomic mass is 16.4. The van der Waals surface area contributed by atoms with Gasteiger partial charge < -0.3 is 14.7 Å². The summed E-state index contributed by atoms with van der Waals surface area (Å²) in [5, 5.41) is 7.82. The molecule has 0 fully saturated rings. The molecule has 2 N–H and O–H groups in total. The summed E-state index contributed by atoms with van der Waals surface area (Å²) >= 11 is 0. The molecule has 0 atom stereocenters. The standard InChI is InChI=1S/C9H13N5O/c1-2-8-12-13-9(15-8)6-14-4-3-11-7(14)5-10/h3-4H,2,5-6,10H2,1H3. The molecule has 15 heavy (non-hydrogen) atoms. The van der Waals surface area contributed by atoms with Crippen LogP contribution in [0.4, 0.5) is 0 Å². The van der Waals surface area contributed by atoms with Crippen molar-refractivity contribution in [2.24, 2.45) is 5.73 Å². The third kappa shape index (κ3) is 2.04. The first kappa shape index (κ1) is 9.85. The molecule has 0 spiro atoms. The first-order chi connectivity index (χ1) is 7.33. The quantitative estimate of drug-likeness (QED) is 0.781. The average Bonchev–Trinajstić information content (AvgIpc) is 2.87. The summed E-state index contributed by atoms with van der Waals surface area (Å²) in [6.45, 7) is 2.90. The Bertz CT molecular complexity index is 433. The summed E-state index contributed by atoms with van der Waals surface area (Å²) in [5.41, 5.74) is 5.53. The van der Waals surface area contributed by atoms with Crippen LogP contribution in [-0.2, 0) is 19.5 Å². The van der Waals surface area contributed by atoms with E-state index >= 15 is 0 Å². The van der Waals surface area contributed by atoms with Crippen LogP contribution in [0.1, 0.15) is 24.5 Å². The lowest BCUT2D eigenvalue weighted by Gasteiger charge is -2.01. The van der Waals surface area contributed by atoms with Gasteiger partial charge in [-0.1, -0.05) is 6.92 Å². The van der Waals surface area contributed by atoms with Gasteiger partial charge in [-0.05, 0) is 0 Å². The normalized spacial score (nSPS) is 10.8. The zero-order chi connectivity index (χ0) is 10.7. The average molecular weight is 207 g/mol. The van der Waals surface area contributed by atoms with Crippen LogP contribution in [0.2, 0.25) is 0 Å². The van der Waals surface area contributed by atoms with Gasteiger partial charge >= 0.3 is 0 Å². The van der Waals surface area contributed by atoms with Gasteiger partial charge in [0.2, 0.25) is 11.8 Å². The number of hydrogen-bond acceptors (Lipinski definition) is 5. The molecule has 2 aromatic heterocycles. The molecule has 0 saturated carbocycles. The molecule has 80 valence electrons. The van der Waals surface area contributed by atoms with Crippen LogP contribution in [0, 0.1) is 0 Å². The Morgan fingerprint density at radius 2 is 2.20 bits per heavy atom. The molecule has 0 radical (unpaired) electrons. The lowest BCUT2D eigenvalue weighted by atomic mass is 10.5. The number of aryl methyl sites for hydroxylation is 1. The van der Waals surface area contributed by atoms with Gasteiger partial charge in [-0.15, -0.1) is 10.2 Å². The minimum atomic E-state index is 0.405. The SMILES string of the molecule is CCc1nnc(Cn2ccnc2CN)o1. The molecule has 0 aliphatic rings. The lowest BCUT2D eigenvalue weighted by Crippen LogP contribution is -2.08. The molecule has 0 aliphatic heterocycles. The van der Waals surface area contributed by atoms with Crippen LogP contribution in [-0.4, -0.2) is 19.7 Å². The molecule has 0 unspecified atom stereocenters. The van der Waals surface area contributed by atoms with Crippen LogP contribution in [0.15, 0.2) is 16.8 Å². The van der Waals surface area contributed by atoms with E-state index in [9.17, 15) is 0 Å². The Morgan fingerprint density at radius 3 is 2.87 bits per heavy atom. The van der Waals surface area contributed by atoms with Gasteiger partial charge in [0.15, 0.2) is 0 Å². The van der Waals surface area contributed by atoms with E-state index in [1.807, 2.05) is 17.7 Å². The van der Waals surface area contributed by atoms with Gasteiger partial charge in [-0.3, -0.25) is 0 Å². The smallest absolute Gasteiger partial charge is 0.236 e. The van der Waals surface area contributed by atoms with E-state index in [0.717, 1.165) is 12.2 Å². The molecule has 2 aromatic rings. The fourth-order valence-corrected chi connectivity index (χ4v) is 1.31. The second-order valence-electron chi connectivity index (χ2n) is 3.12. The topological polar surface area (TPSA) is 82.8 Å². The molecule has 6 nitrogen and oxygen atoms in total. The van der Waals surface area contributed by atoms with E-state index in [2.05, 4.69) is 15.2 Å². The number of nitrogens with two attached hydrogens (primary N) is 1. The van der Waals surface area contributed by atoms with E-state index in [1.54, 1.807) is 6.20 Å². The number of rotatable bonds is 4. The summed E-state index contributed by atoms with van der Waals surface area (Å²) in [5.74, 6) is 2.05.